The van der Waals surface area contributed by atoms with Gasteiger partial charge in [-0.3, -0.25) is 9.59 Å². The maximum Gasteiger partial charge on any atom is 0.306 e. The summed E-state index contributed by atoms with van der Waals surface area (Å²) < 4.78 is 17.4. The Morgan fingerprint density at radius 1 is 0.371 bits per heavy atom. The molecule has 0 rings (SSSR count). The van der Waals surface area contributed by atoms with Crippen molar-refractivity contribution in [2.45, 2.75) is 258 Å². The third-order valence-corrected chi connectivity index (χ3v) is 11.2. The largest absolute Gasteiger partial charge is 0.462 e. The number of allylic oxidation sites excluding steroid dienone is 12. The standard InChI is InChI=1S/C57H100O5/c1-4-7-10-13-16-19-22-25-27-28-29-30-32-33-35-38-41-44-47-50-56(58)61-54-55(53-60-52-49-46-43-40-37-24-21-18-15-12-9-6-3)62-57(59)51-48-45-42-39-36-34-31-26-23-20-17-14-11-8-5-2/h8,11,16-17,19-20,25-27,31,36,39,55H,4-7,9-10,12-15,18,21-24,28-30,32-35,37-38,40-54H2,1-3H3/b11-8-,19-16-,20-17-,27-25-,31-26-,39-36-. The van der Waals surface area contributed by atoms with E-state index in [0.717, 1.165) is 83.5 Å². The molecule has 0 fully saturated rings. The van der Waals surface area contributed by atoms with Crippen LogP contribution in [0.1, 0.15) is 252 Å². The van der Waals surface area contributed by atoms with E-state index >= 15 is 0 Å². The van der Waals surface area contributed by atoms with Crippen molar-refractivity contribution in [3.8, 4) is 0 Å². The molecule has 62 heavy (non-hydrogen) atoms. The number of ether oxygens (including phenoxy) is 3. The van der Waals surface area contributed by atoms with E-state index in [0.29, 0.717) is 19.4 Å². The summed E-state index contributed by atoms with van der Waals surface area (Å²) in [5, 5.41) is 0. The molecule has 0 heterocycles. The van der Waals surface area contributed by atoms with Crippen LogP contribution in [0.4, 0.5) is 0 Å². The van der Waals surface area contributed by atoms with Crippen LogP contribution in [-0.2, 0) is 23.8 Å². The fourth-order valence-corrected chi connectivity index (χ4v) is 7.30. The molecule has 0 amide bonds. The molecule has 1 atom stereocenters. The lowest BCUT2D eigenvalue weighted by molar-refractivity contribution is -0.163. The second-order valence-corrected chi connectivity index (χ2v) is 17.4. The molecule has 1 unspecified atom stereocenters. The lowest BCUT2D eigenvalue weighted by atomic mass is 10.1. The van der Waals surface area contributed by atoms with Gasteiger partial charge in [0.1, 0.15) is 6.61 Å². The van der Waals surface area contributed by atoms with Crippen molar-refractivity contribution in [2.24, 2.45) is 0 Å². The van der Waals surface area contributed by atoms with Gasteiger partial charge >= 0.3 is 11.9 Å². The summed E-state index contributed by atoms with van der Waals surface area (Å²) in [4.78, 5) is 25.4. The van der Waals surface area contributed by atoms with Gasteiger partial charge in [0.25, 0.3) is 0 Å². The van der Waals surface area contributed by atoms with Gasteiger partial charge in [-0.05, 0) is 89.9 Å². The van der Waals surface area contributed by atoms with E-state index < -0.39 is 6.10 Å². The molecule has 5 nitrogen and oxygen atoms in total. The maximum absolute atomic E-state index is 12.8. The summed E-state index contributed by atoms with van der Waals surface area (Å²) in [5.41, 5.74) is 0. The first kappa shape index (κ1) is 59.3. The second-order valence-electron chi connectivity index (χ2n) is 17.4. The van der Waals surface area contributed by atoms with E-state index in [1.165, 1.54) is 135 Å². The second kappa shape index (κ2) is 52.7. The molecule has 0 aliphatic heterocycles. The van der Waals surface area contributed by atoms with Crippen LogP contribution in [-0.4, -0.2) is 37.9 Å². The highest BCUT2D eigenvalue weighted by atomic mass is 16.6. The molecule has 0 bridgehead atoms. The van der Waals surface area contributed by atoms with Gasteiger partial charge < -0.3 is 14.2 Å². The van der Waals surface area contributed by atoms with Crippen LogP contribution in [0.3, 0.4) is 0 Å². The Hall–Kier alpha value is -2.66. The van der Waals surface area contributed by atoms with E-state index in [4.69, 9.17) is 14.2 Å². The Kier molecular flexibility index (Phi) is 50.4. The van der Waals surface area contributed by atoms with Gasteiger partial charge in [-0.1, -0.05) is 222 Å². The Morgan fingerprint density at radius 3 is 1.23 bits per heavy atom. The highest BCUT2D eigenvalue weighted by molar-refractivity contribution is 5.70. The number of carbonyl (C=O) groups is 2. The molecule has 0 aliphatic carbocycles. The summed E-state index contributed by atoms with van der Waals surface area (Å²) in [6.45, 7) is 7.66. The van der Waals surface area contributed by atoms with Gasteiger partial charge in [0.05, 0.1) is 6.61 Å². The lowest BCUT2D eigenvalue weighted by Crippen LogP contribution is -2.30. The van der Waals surface area contributed by atoms with Crippen LogP contribution in [0.25, 0.3) is 0 Å². The highest BCUT2D eigenvalue weighted by Crippen LogP contribution is 2.14. The Morgan fingerprint density at radius 2 is 0.726 bits per heavy atom. The number of rotatable bonds is 48. The first-order valence-electron chi connectivity index (χ1n) is 26.5. The van der Waals surface area contributed by atoms with Gasteiger partial charge in [0, 0.05) is 19.4 Å². The summed E-state index contributed by atoms with van der Waals surface area (Å²) >= 11 is 0. The molecule has 0 radical (unpaired) electrons. The van der Waals surface area contributed by atoms with Crippen molar-refractivity contribution in [1.82, 2.24) is 0 Å². The summed E-state index contributed by atoms with van der Waals surface area (Å²) in [6, 6.07) is 0. The van der Waals surface area contributed by atoms with Crippen LogP contribution in [0.15, 0.2) is 72.9 Å². The molecule has 0 aliphatic rings. The van der Waals surface area contributed by atoms with E-state index in [2.05, 4.69) is 93.7 Å². The predicted molar refractivity (Wildman–Crippen MR) is 270 cm³/mol. The minimum Gasteiger partial charge on any atom is -0.462 e. The third kappa shape index (κ3) is 50.0. The van der Waals surface area contributed by atoms with Crippen LogP contribution >= 0.6 is 0 Å². The third-order valence-electron chi connectivity index (χ3n) is 11.2. The van der Waals surface area contributed by atoms with Crippen molar-refractivity contribution >= 4 is 11.9 Å². The van der Waals surface area contributed by atoms with Gasteiger partial charge in [0.2, 0.25) is 0 Å². The van der Waals surface area contributed by atoms with Crippen molar-refractivity contribution in [3.05, 3.63) is 72.9 Å². The minimum atomic E-state index is -0.559. The molecular weight excluding hydrogens is 765 g/mol. The molecule has 0 N–H and O–H groups in total. The van der Waals surface area contributed by atoms with Crippen molar-refractivity contribution in [1.29, 1.82) is 0 Å². The molecule has 0 aromatic heterocycles. The van der Waals surface area contributed by atoms with Crippen LogP contribution < -0.4 is 0 Å². The molecule has 358 valence electrons. The molecule has 0 spiro atoms. The zero-order chi connectivity index (χ0) is 44.9. The van der Waals surface area contributed by atoms with Gasteiger partial charge in [-0.25, -0.2) is 0 Å². The highest BCUT2D eigenvalue weighted by Gasteiger charge is 2.17. The van der Waals surface area contributed by atoms with Crippen molar-refractivity contribution < 1.29 is 23.8 Å². The average Bonchev–Trinajstić information content (AvgIpc) is 3.27. The number of carbonyl (C=O) groups excluding carboxylic acids is 2. The zero-order valence-corrected chi connectivity index (χ0v) is 41.1. The summed E-state index contributed by atoms with van der Waals surface area (Å²) in [5.74, 6) is -0.444. The minimum absolute atomic E-state index is 0.0664. The first-order chi connectivity index (χ1) is 30.6. The van der Waals surface area contributed by atoms with Crippen LogP contribution in [0.2, 0.25) is 0 Å². The molecule has 0 aromatic carbocycles. The quantitative estimate of drug-likeness (QED) is 0.0346. The SMILES string of the molecule is CC/C=C\C/C=C\C/C=C\C/C=C\CCCCC(=O)OC(COCCCCCCCCCCCCCC)COC(=O)CCCCCCCCCCC/C=C\C/C=C\CCCCC. The summed E-state index contributed by atoms with van der Waals surface area (Å²) in [7, 11) is 0. The number of esters is 2. The van der Waals surface area contributed by atoms with Gasteiger partial charge in [0.15, 0.2) is 6.10 Å². The van der Waals surface area contributed by atoms with E-state index in [-0.39, 0.29) is 25.2 Å². The van der Waals surface area contributed by atoms with Crippen molar-refractivity contribution in [2.75, 3.05) is 19.8 Å². The zero-order valence-electron chi connectivity index (χ0n) is 41.1. The van der Waals surface area contributed by atoms with E-state index in [1.54, 1.807) is 0 Å². The average molecular weight is 865 g/mol. The predicted octanol–water partition coefficient (Wildman–Crippen LogP) is 17.9. The van der Waals surface area contributed by atoms with Crippen LogP contribution in [0.5, 0.6) is 0 Å². The fraction of sp³-hybridized carbons (Fsp3) is 0.754. The molecule has 5 heteroatoms. The van der Waals surface area contributed by atoms with Gasteiger partial charge in [-0.2, -0.15) is 0 Å². The molecule has 0 saturated heterocycles. The fourth-order valence-electron chi connectivity index (χ4n) is 7.30. The number of hydrogen-bond donors (Lipinski definition) is 0. The smallest absolute Gasteiger partial charge is 0.306 e. The normalized spacial score (nSPS) is 12.8. The number of hydrogen-bond acceptors (Lipinski definition) is 5. The van der Waals surface area contributed by atoms with E-state index in [1.807, 2.05) is 0 Å². The number of unbranched alkanes of at least 4 members (excludes halogenated alkanes) is 25. The van der Waals surface area contributed by atoms with Gasteiger partial charge in [-0.15, -0.1) is 0 Å². The monoisotopic (exact) mass is 865 g/mol. The topological polar surface area (TPSA) is 61.8 Å². The van der Waals surface area contributed by atoms with E-state index in [9.17, 15) is 9.59 Å². The maximum atomic E-state index is 12.8. The lowest BCUT2D eigenvalue weighted by Gasteiger charge is -2.18. The molecule has 0 saturated carbocycles. The Labute approximate surface area is 385 Å². The Bertz CT molecular complexity index is 1110. The Balaban J connectivity index is 4.29. The molecular formula is C57H100O5. The van der Waals surface area contributed by atoms with Crippen molar-refractivity contribution in [3.63, 3.8) is 0 Å². The first-order valence-corrected chi connectivity index (χ1v) is 26.5. The molecule has 0 aromatic rings. The summed E-state index contributed by atoms with van der Waals surface area (Å²) in [6.07, 6.45) is 67.7. The van der Waals surface area contributed by atoms with Crippen LogP contribution in [0, 0.1) is 0 Å².